The predicted octanol–water partition coefficient (Wildman–Crippen LogP) is 5.19. The van der Waals surface area contributed by atoms with Gasteiger partial charge in [-0.1, -0.05) is 60.4 Å². The highest BCUT2D eigenvalue weighted by molar-refractivity contribution is 8.26. The van der Waals surface area contributed by atoms with Crippen LogP contribution in [0.1, 0.15) is 22.9 Å². The summed E-state index contributed by atoms with van der Waals surface area (Å²) >= 11 is 6.27. The van der Waals surface area contributed by atoms with E-state index < -0.39 is 22.8 Å². The number of thiocarbonyl (C=S) groups is 1. The number of amides is 1. The molecule has 4 rings (SSSR count). The second kappa shape index (κ2) is 9.00. The number of nitrogens with zero attached hydrogens (tertiary/aromatic N) is 2. The molecule has 0 saturated carbocycles. The average Bonchev–Trinajstić information content (AvgIpc) is 3.34. The molecule has 1 N–H and O–H groups in total. The molecule has 0 unspecified atom stereocenters. The molecule has 1 fully saturated rings. The van der Waals surface area contributed by atoms with Crippen LogP contribution in [0.15, 0.2) is 70.0 Å². The fourth-order valence-electron chi connectivity index (χ4n) is 3.45. The number of aryl methyl sites for hydroxylation is 1. The molecule has 166 valence electrons. The zero-order valence-corrected chi connectivity index (χ0v) is 18.8. The standard InChI is InChI=1S/C23H16N2O6S2/c1-13-7-9-16(17(11-13)25(29)30)18-10-8-15(31-18)12-19-21(26)24(23(32)33-19)20(22(27)28)14-5-3-2-4-6-14/h2-12,20H,1H3,(H,27,28)/b19-12+/t20-/m0/s1. The minimum absolute atomic E-state index is 0.0885. The summed E-state index contributed by atoms with van der Waals surface area (Å²) in [5.41, 5.74) is 1.39. The Bertz CT molecular complexity index is 1320. The van der Waals surface area contributed by atoms with Crippen LogP contribution in [0.25, 0.3) is 17.4 Å². The highest BCUT2D eigenvalue weighted by atomic mass is 32.2. The Morgan fingerprint density at radius 1 is 1.21 bits per heavy atom. The Balaban J connectivity index is 1.65. The first-order valence-corrected chi connectivity index (χ1v) is 10.9. The lowest BCUT2D eigenvalue weighted by molar-refractivity contribution is -0.384. The van der Waals surface area contributed by atoms with E-state index in [0.717, 1.165) is 22.2 Å². The van der Waals surface area contributed by atoms with Crippen molar-refractivity contribution in [1.82, 2.24) is 4.90 Å². The van der Waals surface area contributed by atoms with Crippen LogP contribution in [0.4, 0.5) is 5.69 Å². The van der Waals surface area contributed by atoms with Gasteiger partial charge in [0, 0.05) is 12.1 Å². The number of carbonyl (C=O) groups excluding carboxylic acids is 1. The molecule has 0 bridgehead atoms. The summed E-state index contributed by atoms with van der Waals surface area (Å²) in [5.74, 6) is -1.20. The largest absolute Gasteiger partial charge is 0.479 e. The maximum atomic E-state index is 13.1. The summed E-state index contributed by atoms with van der Waals surface area (Å²) in [7, 11) is 0. The molecule has 1 aliphatic heterocycles. The Hall–Kier alpha value is -3.76. The van der Waals surface area contributed by atoms with Gasteiger partial charge in [0.1, 0.15) is 15.8 Å². The molecule has 10 heteroatoms. The molecule has 0 aliphatic carbocycles. The third-order valence-electron chi connectivity index (χ3n) is 4.95. The van der Waals surface area contributed by atoms with Crippen molar-refractivity contribution in [2.45, 2.75) is 13.0 Å². The highest BCUT2D eigenvalue weighted by Gasteiger charge is 2.41. The molecule has 3 aromatic rings. The van der Waals surface area contributed by atoms with Crippen molar-refractivity contribution in [3.05, 3.63) is 92.6 Å². The van der Waals surface area contributed by atoms with Gasteiger partial charge in [0.25, 0.3) is 11.6 Å². The molecule has 2 aromatic carbocycles. The number of furan rings is 1. The third kappa shape index (κ3) is 4.43. The number of rotatable bonds is 6. The molecule has 1 saturated heterocycles. The number of carbonyl (C=O) groups is 2. The Morgan fingerprint density at radius 2 is 1.94 bits per heavy atom. The second-order valence-corrected chi connectivity index (χ2v) is 8.86. The monoisotopic (exact) mass is 480 g/mol. The molecule has 1 aliphatic rings. The molecule has 1 aromatic heterocycles. The summed E-state index contributed by atoms with van der Waals surface area (Å²) in [6.45, 7) is 1.76. The van der Waals surface area contributed by atoms with Gasteiger partial charge in [-0.2, -0.15) is 0 Å². The number of hydrogen-bond acceptors (Lipinski definition) is 7. The van der Waals surface area contributed by atoms with E-state index in [1.54, 1.807) is 61.5 Å². The summed E-state index contributed by atoms with van der Waals surface area (Å²) < 4.78 is 5.86. The number of carboxylic acids is 1. The smallest absolute Gasteiger partial charge is 0.331 e. The zero-order valence-electron chi connectivity index (χ0n) is 17.1. The van der Waals surface area contributed by atoms with E-state index in [4.69, 9.17) is 16.6 Å². The van der Waals surface area contributed by atoms with Crippen LogP contribution in [-0.2, 0) is 9.59 Å². The SMILES string of the molecule is Cc1ccc(-c2ccc(/C=C3/SC(=S)N([C@H](C(=O)O)c4ccccc4)C3=O)o2)c([N+](=O)[O-])c1. The van der Waals surface area contributed by atoms with Gasteiger partial charge in [-0.15, -0.1) is 0 Å². The molecule has 1 atom stereocenters. The maximum absolute atomic E-state index is 13.1. The Kier molecular flexibility index (Phi) is 6.12. The molecule has 8 nitrogen and oxygen atoms in total. The number of aliphatic carboxylic acids is 1. The zero-order chi connectivity index (χ0) is 23.7. The number of nitro benzene ring substituents is 1. The third-order valence-corrected chi connectivity index (χ3v) is 6.28. The fraction of sp³-hybridized carbons (Fsp3) is 0.0870. The number of benzene rings is 2. The van der Waals surface area contributed by atoms with Crippen molar-refractivity contribution in [2.75, 3.05) is 0 Å². The van der Waals surface area contributed by atoms with Gasteiger partial charge >= 0.3 is 5.97 Å². The van der Waals surface area contributed by atoms with Gasteiger partial charge in [0.05, 0.1) is 15.4 Å². The van der Waals surface area contributed by atoms with E-state index in [2.05, 4.69) is 0 Å². The molecule has 1 amide bonds. The van der Waals surface area contributed by atoms with Crippen LogP contribution in [-0.4, -0.2) is 31.1 Å². The lowest BCUT2D eigenvalue weighted by Crippen LogP contribution is -2.37. The number of carboxylic acid groups (broad SMARTS) is 1. The summed E-state index contributed by atoms with van der Waals surface area (Å²) in [5, 5.41) is 21.2. The van der Waals surface area contributed by atoms with E-state index in [1.807, 2.05) is 0 Å². The lowest BCUT2D eigenvalue weighted by Gasteiger charge is -2.23. The van der Waals surface area contributed by atoms with Gasteiger partial charge in [0.15, 0.2) is 6.04 Å². The molecule has 33 heavy (non-hydrogen) atoms. The molecule has 0 spiro atoms. The summed E-state index contributed by atoms with van der Waals surface area (Å²) in [4.78, 5) is 37.2. The first-order valence-electron chi connectivity index (χ1n) is 9.66. The van der Waals surface area contributed by atoms with E-state index in [-0.39, 0.29) is 26.4 Å². The van der Waals surface area contributed by atoms with Crippen molar-refractivity contribution in [3.8, 4) is 11.3 Å². The van der Waals surface area contributed by atoms with Crippen LogP contribution in [0.3, 0.4) is 0 Å². The van der Waals surface area contributed by atoms with Gasteiger partial charge in [-0.25, -0.2) is 4.79 Å². The average molecular weight is 481 g/mol. The minimum Gasteiger partial charge on any atom is -0.479 e. The van der Waals surface area contributed by atoms with Gasteiger partial charge in [-0.3, -0.25) is 19.8 Å². The number of nitro groups is 1. The van der Waals surface area contributed by atoms with E-state index >= 15 is 0 Å². The number of thioether (sulfide) groups is 1. The van der Waals surface area contributed by atoms with Crippen molar-refractivity contribution in [1.29, 1.82) is 0 Å². The first kappa shape index (κ1) is 22.4. The number of hydrogen-bond donors (Lipinski definition) is 1. The first-order chi connectivity index (χ1) is 15.8. The molecular formula is C23H16N2O6S2. The molecule has 2 heterocycles. The van der Waals surface area contributed by atoms with Crippen LogP contribution in [0.2, 0.25) is 0 Å². The van der Waals surface area contributed by atoms with Crippen molar-refractivity contribution < 1.29 is 24.0 Å². The van der Waals surface area contributed by atoms with E-state index in [0.29, 0.717) is 11.1 Å². The van der Waals surface area contributed by atoms with Crippen molar-refractivity contribution >= 4 is 51.9 Å². The molecular weight excluding hydrogens is 464 g/mol. The Morgan fingerprint density at radius 3 is 2.61 bits per heavy atom. The van der Waals surface area contributed by atoms with Crippen LogP contribution in [0.5, 0.6) is 0 Å². The van der Waals surface area contributed by atoms with Crippen LogP contribution < -0.4 is 0 Å². The fourth-order valence-corrected chi connectivity index (χ4v) is 4.74. The van der Waals surface area contributed by atoms with Crippen molar-refractivity contribution in [3.63, 3.8) is 0 Å². The van der Waals surface area contributed by atoms with Gasteiger partial charge in [-0.05, 0) is 36.2 Å². The van der Waals surface area contributed by atoms with Crippen molar-refractivity contribution in [2.24, 2.45) is 0 Å². The van der Waals surface area contributed by atoms with E-state index in [9.17, 15) is 24.8 Å². The van der Waals surface area contributed by atoms with E-state index in [1.165, 1.54) is 12.1 Å². The predicted molar refractivity (Wildman–Crippen MR) is 127 cm³/mol. The quantitative estimate of drug-likeness (QED) is 0.222. The van der Waals surface area contributed by atoms with Gasteiger partial charge < -0.3 is 9.52 Å². The van der Waals surface area contributed by atoms with Crippen LogP contribution in [0, 0.1) is 17.0 Å². The maximum Gasteiger partial charge on any atom is 0.331 e. The topological polar surface area (TPSA) is 114 Å². The normalized spacial score (nSPS) is 15.8. The summed E-state index contributed by atoms with van der Waals surface area (Å²) in [6, 6.07) is 15.1. The highest BCUT2D eigenvalue weighted by Crippen LogP contribution is 2.39. The lowest BCUT2D eigenvalue weighted by atomic mass is 10.1. The Labute approximate surface area is 197 Å². The second-order valence-electron chi connectivity index (χ2n) is 7.18. The summed E-state index contributed by atoms with van der Waals surface area (Å²) in [6.07, 6.45) is 1.45. The molecule has 0 radical (unpaired) electrons. The van der Waals surface area contributed by atoms with Gasteiger partial charge in [0.2, 0.25) is 0 Å². The van der Waals surface area contributed by atoms with Crippen LogP contribution >= 0.6 is 24.0 Å². The minimum atomic E-state index is -1.26.